The summed E-state index contributed by atoms with van der Waals surface area (Å²) < 4.78 is 5.58. The van der Waals surface area contributed by atoms with Gasteiger partial charge in [-0.1, -0.05) is 6.07 Å². The minimum atomic E-state index is -1.03. The van der Waals surface area contributed by atoms with Gasteiger partial charge in [-0.25, -0.2) is 4.79 Å². The highest BCUT2D eigenvalue weighted by atomic mass is 16.5. The zero-order valence-electron chi connectivity index (χ0n) is 10.7. The summed E-state index contributed by atoms with van der Waals surface area (Å²) in [6.07, 6.45) is 1.39. The van der Waals surface area contributed by atoms with E-state index in [1.807, 2.05) is 0 Å². The molecule has 1 aromatic heterocycles. The molecule has 6 heteroatoms. The molecule has 6 nitrogen and oxygen atoms in total. The number of pyridine rings is 1. The van der Waals surface area contributed by atoms with Gasteiger partial charge >= 0.3 is 5.97 Å². The number of carbonyl (C=O) groups is 2. The van der Waals surface area contributed by atoms with Crippen LogP contribution in [-0.2, 0) is 0 Å². The number of hydrogen-bond donors (Lipinski definition) is 2. The topological polar surface area (TPSA) is 103 Å². The van der Waals surface area contributed by atoms with E-state index >= 15 is 0 Å². The zero-order chi connectivity index (χ0) is 14.7. The Labute approximate surface area is 114 Å². The van der Waals surface area contributed by atoms with E-state index < -0.39 is 11.9 Å². The van der Waals surface area contributed by atoms with Crippen molar-refractivity contribution >= 4 is 11.9 Å². The van der Waals surface area contributed by atoms with Crippen LogP contribution < -0.4 is 10.5 Å². The lowest BCUT2D eigenvalue weighted by Gasteiger charge is -2.10. The predicted octanol–water partition coefficient (Wildman–Crippen LogP) is 1.98. The molecule has 3 N–H and O–H groups in total. The van der Waals surface area contributed by atoms with Crippen molar-refractivity contribution in [1.82, 2.24) is 4.98 Å². The van der Waals surface area contributed by atoms with Crippen LogP contribution in [0.5, 0.6) is 11.5 Å². The van der Waals surface area contributed by atoms with Gasteiger partial charge in [0.15, 0.2) is 0 Å². The number of primary amides is 1. The molecule has 1 heterocycles. The third-order valence-corrected chi connectivity index (χ3v) is 2.73. The fourth-order valence-electron chi connectivity index (χ4n) is 1.69. The molecule has 0 saturated heterocycles. The lowest BCUT2D eigenvalue weighted by atomic mass is 10.1. The molecule has 1 aromatic carbocycles. The quantitative estimate of drug-likeness (QED) is 0.885. The van der Waals surface area contributed by atoms with E-state index in [-0.39, 0.29) is 11.3 Å². The molecular formula is C14H12N2O4. The summed E-state index contributed by atoms with van der Waals surface area (Å²) in [5.74, 6) is -0.932. The zero-order valence-corrected chi connectivity index (χ0v) is 10.7. The minimum absolute atomic E-state index is 0.0783. The molecule has 0 spiro atoms. The van der Waals surface area contributed by atoms with Crippen molar-refractivity contribution in [2.45, 2.75) is 6.92 Å². The second-order valence-electron chi connectivity index (χ2n) is 4.08. The molecule has 0 aliphatic heterocycles. The van der Waals surface area contributed by atoms with Gasteiger partial charge in [-0.15, -0.1) is 0 Å². The van der Waals surface area contributed by atoms with Crippen LogP contribution in [0.3, 0.4) is 0 Å². The van der Waals surface area contributed by atoms with Crippen LogP contribution in [0.1, 0.15) is 26.4 Å². The van der Waals surface area contributed by atoms with Crippen molar-refractivity contribution in [2.75, 3.05) is 0 Å². The lowest BCUT2D eigenvalue weighted by molar-refractivity contribution is 0.0695. The Morgan fingerprint density at radius 1 is 1.30 bits per heavy atom. The van der Waals surface area contributed by atoms with E-state index in [1.165, 1.54) is 18.3 Å². The Balaban J connectivity index is 2.35. The van der Waals surface area contributed by atoms with Crippen molar-refractivity contribution in [2.24, 2.45) is 5.73 Å². The number of hydrogen-bond acceptors (Lipinski definition) is 4. The number of nitrogens with two attached hydrogens (primary N) is 1. The number of rotatable bonds is 4. The summed E-state index contributed by atoms with van der Waals surface area (Å²) in [6.45, 7) is 1.65. The maximum Gasteiger partial charge on any atom is 0.336 e. The Morgan fingerprint density at radius 3 is 2.70 bits per heavy atom. The van der Waals surface area contributed by atoms with Gasteiger partial charge in [0.2, 0.25) is 0 Å². The van der Waals surface area contributed by atoms with Gasteiger partial charge in [-0.2, -0.15) is 0 Å². The number of carboxylic acids is 1. The molecule has 0 aliphatic rings. The van der Waals surface area contributed by atoms with Crippen LogP contribution in [0.25, 0.3) is 0 Å². The van der Waals surface area contributed by atoms with Crippen LogP contribution >= 0.6 is 0 Å². The molecule has 102 valence electrons. The first-order valence-corrected chi connectivity index (χ1v) is 5.75. The fraction of sp³-hybridized carbons (Fsp3) is 0.0714. The summed E-state index contributed by atoms with van der Waals surface area (Å²) in [5.41, 5.74) is 5.87. The maximum absolute atomic E-state index is 11.0. The first-order valence-electron chi connectivity index (χ1n) is 5.75. The average molecular weight is 272 g/mol. The third kappa shape index (κ3) is 2.74. The summed E-state index contributed by atoms with van der Waals surface area (Å²) in [4.78, 5) is 25.9. The molecule has 2 rings (SSSR count). The molecule has 20 heavy (non-hydrogen) atoms. The van der Waals surface area contributed by atoms with E-state index in [9.17, 15) is 9.59 Å². The second-order valence-corrected chi connectivity index (χ2v) is 4.08. The summed E-state index contributed by atoms with van der Waals surface area (Å²) >= 11 is 0. The number of aromatic carboxylic acids is 1. The van der Waals surface area contributed by atoms with Crippen molar-refractivity contribution in [3.8, 4) is 11.5 Å². The van der Waals surface area contributed by atoms with E-state index in [4.69, 9.17) is 15.6 Å². The highest BCUT2D eigenvalue weighted by Crippen LogP contribution is 2.27. The smallest absolute Gasteiger partial charge is 0.336 e. The van der Waals surface area contributed by atoms with Gasteiger partial charge in [-0.3, -0.25) is 9.78 Å². The maximum atomic E-state index is 11.0. The summed E-state index contributed by atoms with van der Waals surface area (Å²) in [7, 11) is 0. The Morgan fingerprint density at radius 2 is 2.05 bits per heavy atom. The summed E-state index contributed by atoms with van der Waals surface area (Å²) in [5, 5.41) is 9.05. The van der Waals surface area contributed by atoms with Gasteiger partial charge in [-0.05, 0) is 25.1 Å². The predicted molar refractivity (Wildman–Crippen MR) is 71.0 cm³/mol. The van der Waals surface area contributed by atoms with E-state index in [1.54, 1.807) is 25.1 Å². The van der Waals surface area contributed by atoms with Gasteiger partial charge in [0.25, 0.3) is 5.91 Å². The Hall–Kier alpha value is -2.89. The normalized spacial score (nSPS) is 10.1. The van der Waals surface area contributed by atoms with Crippen LogP contribution in [0.15, 0.2) is 36.5 Å². The van der Waals surface area contributed by atoms with Gasteiger partial charge < -0.3 is 15.6 Å². The van der Waals surface area contributed by atoms with Gasteiger partial charge in [0.1, 0.15) is 17.2 Å². The van der Waals surface area contributed by atoms with E-state index in [0.29, 0.717) is 17.1 Å². The fourth-order valence-corrected chi connectivity index (χ4v) is 1.69. The standard InChI is InChI=1S/C14H12N2O4/c1-8-10(14(18)19)3-2-4-12(8)20-9-5-6-16-11(7-9)13(15)17/h2-7H,1H3,(H2,15,17)(H,18,19). The van der Waals surface area contributed by atoms with Crippen LogP contribution in [0.4, 0.5) is 0 Å². The second kappa shape index (κ2) is 5.40. The van der Waals surface area contributed by atoms with Crippen molar-refractivity contribution < 1.29 is 19.4 Å². The Bertz CT molecular complexity index is 683. The van der Waals surface area contributed by atoms with Crippen LogP contribution in [0, 0.1) is 6.92 Å². The number of carbonyl (C=O) groups excluding carboxylic acids is 1. The molecule has 0 atom stereocenters. The number of carboxylic acid groups (broad SMARTS) is 1. The third-order valence-electron chi connectivity index (χ3n) is 2.73. The molecule has 0 fully saturated rings. The highest BCUT2D eigenvalue weighted by Gasteiger charge is 2.12. The van der Waals surface area contributed by atoms with Gasteiger partial charge in [0.05, 0.1) is 5.56 Å². The molecule has 0 saturated carbocycles. The molecule has 2 aromatic rings. The molecule has 0 aliphatic carbocycles. The first kappa shape index (κ1) is 13.5. The number of nitrogens with zero attached hydrogens (tertiary/aromatic N) is 1. The molecule has 0 unspecified atom stereocenters. The SMILES string of the molecule is Cc1c(Oc2ccnc(C(N)=O)c2)cccc1C(=O)O. The van der Waals surface area contributed by atoms with E-state index in [2.05, 4.69) is 4.98 Å². The summed E-state index contributed by atoms with van der Waals surface area (Å²) in [6, 6.07) is 7.68. The van der Waals surface area contributed by atoms with Crippen molar-refractivity contribution in [3.05, 3.63) is 53.3 Å². The number of aromatic nitrogens is 1. The van der Waals surface area contributed by atoms with E-state index in [0.717, 1.165) is 0 Å². The molecule has 1 amide bonds. The van der Waals surface area contributed by atoms with Crippen LogP contribution in [-0.4, -0.2) is 22.0 Å². The first-order chi connectivity index (χ1) is 9.49. The van der Waals surface area contributed by atoms with Crippen LogP contribution in [0.2, 0.25) is 0 Å². The monoisotopic (exact) mass is 272 g/mol. The largest absolute Gasteiger partial charge is 0.478 e. The molecule has 0 radical (unpaired) electrons. The highest BCUT2D eigenvalue weighted by molar-refractivity contribution is 5.91. The average Bonchev–Trinajstić information content (AvgIpc) is 2.41. The van der Waals surface area contributed by atoms with Crippen molar-refractivity contribution in [3.63, 3.8) is 0 Å². The molecule has 0 bridgehead atoms. The number of amides is 1. The Kier molecular flexibility index (Phi) is 3.65. The minimum Gasteiger partial charge on any atom is -0.478 e. The number of ether oxygens (including phenoxy) is 1. The number of benzene rings is 1. The van der Waals surface area contributed by atoms with Gasteiger partial charge in [0, 0.05) is 17.8 Å². The molecular weight excluding hydrogens is 260 g/mol. The van der Waals surface area contributed by atoms with Crippen molar-refractivity contribution in [1.29, 1.82) is 0 Å². The lowest BCUT2D eigenvalue weighted by Crippen LogP contribution is -2.12.